The number of amides is 2. The standard InChI is InChI=1S/C33H24ClF3N2O4S2/c34-16-10-11-22(43-14-15-6-2-1-3-7-15)17(12-16)23-24-18-13-19(27(24)44-29-28(23)45-32(42)38-29)26-25(18)30(40)39(31(26)41)21-9-5-4-8-20(21)33(35,36)37/h1-12,18-19,23-27H,13-14H2,(H,38,42)/t18-,19-,23?,24?,25?,26?,27?/m1/s1. The maximum atomic E-state index is 14.0. The summed E-state index contributed by atoms with van der Waals surface area (Å²) in [5.41, 5.74) is 0.323. The summed E-state index contributed by atoms with van der Waals surface area (Å²) in [6, 6.07) is 19.8. The highest BCUT2D eigenvalue weighted by Gasteiger charge is 2.70. The van der Waals surface area contributed by atoms with E-state index in [1.165, 1.54) is 30.0 Å². The number of halogens is 4. The Balaban J connectivity index is 1.21. The van der Waals surface area contributed by atoms with E-state index in [0.717, 1.165) is 38.3 Å². The van der Waals surface area contributed by atoms with Crippen LogP contribution in [-0.2, 0) is 22.4 Å². The average Bonchev–Trinajstić information content (AvgIpc) is 3.75. The molecule has 1 aromatic heterocycles. The Morgan fingerprint density at radius 1 is 0.933 bits per heavy atom. The van der Waals surface area contributed by atoms with Gasteiger partial charge in [0.1, 0.15) is 12.4 Å². The molecule has 12 heteroatoms. The molecule has 2 aliphatic heterocycles. The topological polar surface area (TPSA) is 79.5 Å². The SMILES string of the molecule is O=C1C2C(C(=O)N1c1ccccc1C(F)(F)F)[C@@H]1C[C@H]2C2Sc3[nH]c(=O)sc3C(c3cc(Cl)ccc3OCc3ccccc3)C21. The number of nitrogens with zero attached hydrogens (tertiary/aromatic N) is 1. The van der Waals surface area contributed by atoms with Crippen molar-refractivity contribution in [1.29, 1.82) is 0 Å². The number of rotatable bonds is 5. The van der Waals surface area contributed by atoms with Crippen molar-refractivity contribution in [3.8, 4) is 5.75 Å². The van der Waals surface area contributed by atoms with Crippen molar-refractivity contribution in [3.63, 3.8) is 0 Å². The predicted molar refractivity (Wildman–Crippen MR) is 165 cm³/mol. The van der Waals surface area contributed by atoms with Gasteiger partial charge >= 0.3 is 11.0 Å². The highest BCUT2D eigenvalue weighted by molar-refractivity contribution is 8.00. The minimum absolute atomic E-state index is 0.144. The van der Waals surface area contributed by atoms with Crippen LogP contribution in [0.5, 0.6) is 5.75 Å². The number of carbonyl (C=O) groups is 2. The average molecular weight is 669 g/mol. The second-order valence-corrected chi connectivity index (χ2v) is 14.6. The van der Waals surface area contributed by atoms with E-state index in [1.807, 2.05) is 42.5 Å². The van der Waals surface area contributed by atoms with Crippen molar-refractivity contribution in [3.05, 3.63) is 109 Å². The van der Waals surface area contributed by atoms with Crippen LogP contribution >= 0.6 is 34.7 Å². The van der Waals surface area contributed by atoms with Crippen molar-refractivity contribution in [2.75, 3.05) is 4.90 Å². The van der Waals surface area contributed by atoms with Gasteiger partial charge in [-0.15, -0.1) is 11.8 Å². The second-order valence-electron chi connectivity index (χ2n) is 11.9. The van der Waals surface area contributed by atoms with E-state index in [9.17, 15) is 27.6 Å². The molecule has 0 radical (unpaired) electrons. The highest BCUT2D eigenvalue weighted by atomic mass is 35.5. The lowest BCUT2D eigenvalue weighted by Crippen LogP contribution is -2.42. The molecule has 8 rings (SSSR count). The molecule has 3 fully saturated rings. The minimum Gasteiger partial charge on any atom is -0.489 e. The van der Waals surface area contributed by atoms with E-state index in [4.69, 9.17) is 16.3 Å². The van der Waals surface area contributed by atoms with Crippen LogP contribution in [0.4, 0.5) is 18.9 Å². The Morgan fingerprint density at radius 2 is 1.64 bits per heavy atom. The molecule has 3 heterocycles. The van der Waals surface area contributed by atoms with E-state index in [2.05, 4.69) is 4.98 Å². The number of aromatic amines is 1. The van der Waals surface area contributed by atoms with Gasteiger partial charge in [0, 0.05) is 26.6 Å². The van der Waals surface area contributed by atoms with Crippen molar-refractivity contribution >= 4 is 52.2 Å². The number of thioether (sulfide) groups is 1. The normalized spacial score (nSPS) is 28.3. The van der Waals surface area contributed by atoms with Crippen molar-refractivity contribution < 1.29 is 27.5 Å². The van der Waals surface area contributed by atoms with E-state index in [-0.39, 0.29) is 33.8 Å². The minimum atomic E-state index is -4.73. The van der Waals surface area contributed by atoms with Crippen molar-refractivity contribution in [1.82, 2.24) is 4.98 Å². The van der Waals surface area contributed by atoms with Crippen LogP contribution in [-0.4, -0.2) is 22.0 Å². The molecule has 1 saturated heterocycles. The molecule has 2 bridgehead atoms. The number of alkyl halides is 3. The number of hydrogen-bond acceptors (Lipinski definition) is 6. The molecule has 1 N–H and O–H groups in total. The lowest BCUT2D eigenvalue weighted by Gasteiger charge is -2.43. The van der Waals surface area contributed by atoms with Gasteiger partial charge in [-0.25, -0.2) is 4.90 Å². The number of fused-ring (bicyclic) bond motifs is 9. The van der Waals surface area contributed by atoms with Crippen LogP contribution in [0.25, 0.3) is 0 Å². The molecule has 3 aromatic carbocycles. The summed E-state index contributed by atoms with van der Waals surface area (Å²) in [5.74, 6) is -3.12. The van der Waals surface area contributed by atoms with Crippen LogP contribution in [0.1, 0.15) is 33.9 Å². The fourth-order valence-corrected chi connectivity index (χ4v) is 11.2. The van der Waals surface area contributed by atoms with Crippen LogP contribution in [0, 0.1) is 29.6 Å². The monoisotopic (exact) mass is 668 g/mol. The molecule has 0 spiro atoms. The number of hydrogen-bond donors (Lipinski definition) is 1. The largest absolute Gasteiger partial charge is 0.489 e. The molecule has 5 unspecified atom stereocenters. The summed E-state index contributed by atoms with van der Waals surface area (Å²) in [7, 11) is 0. The summed E-state index contributed by atoms with van der Waals surface area (Å²) in [4.78, 5) is 45.0. The van der Waals surface area contributed by atoms with E-state index < -0.39 is 41.1 Å². The third-order valence-electron chi connectivity index (χ3n) is 9.72. The number of carbonyl (C=O) groups excluding carboxylic acids is 2. The first-order valence-corrected chi connectivity index (χ1v) is 16.6. The third kappa shape index (κ3) is 4.49. The number of aromatic nitrogens is 1. The first kappa shape index (κ1) is 28.9. The second kappa shape index (κ2) is 10.5. The van der Waals surface area contributed by atoms with Crippen LogP contribution in [0.2, 0.25) is 5.02 Å². The summed E-state index contributed by atoms with van der Waals surface area (Å²) < 4.78 is 48.3. The Bertz CT molecular complexity index is 1910. The Hall–Kier alpha value is -3.54. The van der Waals surface area contributed by atoms with Crippen molar-refractivity contribution in [2.45, 2.75) is 35.4 Å². The van der Waals surface area contributed by atoms with Gasteiger partial charge < -0.3 is 9.72 Å². The number of H-pyrrole nitrogens is 1. The molecule has 45 heavy (non-hydrogen) atoms. The summed E-state index contributed by atoms with van der Waals surface area (Å²) in [6.45, 7) is 0.304. The molecule has 7 atom stereocenters. The van der Waals surface area contributed by atoms with Gasteiger partial charge in [0.25, 0.3) is 0 Å². The molecule has 2 aliphatic carbocycles. The molecule has 4 aromatic rings. The van der Waals surface area contributed by atoms with Gasteiger partial charge in [-0.1, -0.05) is 65.4 Å². The molecule has 4 aliphatic rings. The Labute approximate surface area is 268 Å². The van der Waals surface area contributed by atoms with Crippen LogP contribution < -0.4 is 14.5 Å². The molecule has 230 valence electrons. The number of thiazole rings is 1. The smallest absolute Gasteiger partial charge is 0.418 e. The van der Waals surface area contributed by atoms with Crippen molar-refractivity contribution in [2.24, 2.45) is 29.6 Å². The summed E-state index contributed by atoms with van der Waals surface area (Å²) in [5, 5.41) is 1.05. The summed E-state index contributed by atoms with van der Waals surface area (Å²) in [6.07, 6.45) is -4.13. The van der Waals surface area contributed by atoms with Gasteiger partial charge in [0.05, 0.1) is 28.1 Å². The maximum absolute atomic E-state index is 14.0. The lowest BCUT2D eigenvalue weighted by molar-refractivity contribution is -0.137. The van der Waals surface area contributed by atoms with Gasteiger partial charge in [0.2, 0.25) is 11.8 Å². The maximum Gasteiger partial charge on any atom is 0.418 e. The first-order chi connectivity index (χ1) is 21.6. The number of ether oxygens (including phenoxy) is 1. The van der Waals surface area contributed by atoms with E-state index in [1.54, 1.807) is 6.07 Å². The number of nitrogens with one attached hydrogen (secondary N) is 1. The Kier molecular flexibility index (Phi) is 6.74. The Morgan fingerprint density at radius 3 is 2.40 bits per heavy atom. The molecule has 2 saturated carbocycles. The molecule has 2 amide bonds. The fourth-order valence-electron chi connectivity index (χ4n) is 8.14. The van der Waals surface area contributed by atoms with E-state index >= 15 is 0 Å². The van der Waals surface area contributed by atoms with Gasteiger partial charge in [0.15, 0.2) is 0 Å². The zero-order valence-electron chi connectivity index (χ0n) is 23.3. The van der Waals surface area contributed by atoms with Gasteiger partial charge in [-0.2, -0.15) is 13.2 Å². The van der Waals surface area contributed by atoms with E-state index in [0.29, 0.717) is 28.8 Å². The molecular formula is C33H24ClF3N2O4S2. The van der Waals surface area contributed by atoms with Gasteiger partial charge in [-0.05, 0) is 60.1 Å². The molecular weight excluding hydrogens is 645 g/mol. The summed E-state index contributed by atoms with van der Waals surface area (Å²) >= 11 is 9.17. The lowest BCUT2D eigenvalue weighted by atomic mass is 9.68. The predicted octanol–water partition coefficient (Wildman–Crippen LogP) is 7.37. The quantitative estimate of drug-likeness (QED) is 0.225. The first-order valence-electron chi connectivity index (χ1n) is 14.5. The van der Waals surface area contributed by atoms with Gasteiger partial charge in [-0.3, -0.25) is 14.4 Å². The fraction of sp³-hybridized carbons (Fsp3) is 0.303. The number of para-hydroxylation sites is 1. The third-order valence-corrected chi connectivity index (χ3v) is 12.5. The highest BCUT2D eigenvalue weighted by Crippen LogP contribution is 2.69. The molecule has 6 nitrogen and oxygen atoms in total. The number of imide groups is 1. The number of anilines is 1. The van der Waals surface area contributed by atoms with Crippen LogP contribution in [0.3, 0.4) is 0 Å². The zero-order chi connectivity index (χ0) is 31.2. The van der Waals surface area contributed by atoms with Crippen LogP contribution in [0.15, 0.2) is 82.6 Å². The zero-order valence-corrected chi connectivity index (χ0v) is 25.7. The number of benzene rings is 3.